The number of hydrogen-bond acceptors (Lipinski definition) is 3. The summed E-state index contributed by atoms with van der Waals surface area (Å²) in [7, 11) is 0. The third-order valence-corrected chi connectivity index (χ3v) is 6.00. The summed E-state index contributed by atoms with van der Waals surface area (Å²) in [5.41, 5.74) is 5.19. The van der Waals surface area contributed by atoms with Crippen molar-refractivity contribution in [2.45, 2.75) is 45.1 Å². The molecule has 30 heavy (non-hydrogen) atoms. The molecule has 1 atom stereocenters. The summed E-state index contributed by atoms with van der Waals surface area (Å²) in [6.45, 7) is 4.16. The first-order valence-electron chi connectivity index (χ1n) is 10.6. The number of fused-ring (bicyclic) bond motifs is 3. The Labute approximate surface area is 176 Å². The van der Waals surface area contributed by atoms with Gasteiger partial charge in [0.05, 0.1) is 5.69 Å². The lowest BCUT2D eigenvalue weighted by atomic mass is 9.85. The van der Waals surface area contributed by atoms with Crippen molar-refractivity contribution in [2.75, 3.05) is 5.32 Å². The van der Waals surface area contributed by atoms with Crippen molar-refractivity contribution in [3.63, 3.8) is 0 Å². The SMILES string of the molecule is CCc1ccc2c(c1NC(=O)CC1c3ccccc3Oc3ccccc31)OC(C)C2. The minimum Gasteiger partial charge on any atom is -0.488 e. The number of amides is 1. The van der Waals surface area contributed by atoms with Gasteiger partial charge < -0.3 is 14.8 Å². The van der Waals surface area contributed by atoms with Crippen LogP contribution in [0.4, 0.5) is 5.69 Å². The largest absolute Gasteiger partial charge is 0.488 e. The van der Waals surface area contributed by atoms with E-state index in [4.69, 9.17) is 9.47 Å². The van der Waals surface area contributed by atoms with Crippen LogP contribution in [0.5, 0.6) is 17.2 Å². The third-order valence-electron chi connectivity index (χ3n) is 6.00. The van der Waals surface area contributed by atoms with Crippen molar-refractivity contribution in [3.05, 3.63) is 82.9 Å². The summed E-state index contributed by atoms with van der Waals surface area (Å²) in [5, 5.41) is 3.19. The highest BCUT2D eigenvalue weighted by Crippen LogP contribution is 2.46. The minimum atomic E-state index is -0.0483. The van der Waals surface area contributed by atoms with Gasteiger partial charge in [0.25, 0.3) is 0 Å². The second kappa shape index (κ2) is 7.52. The zero-order chi connectivity index (χ0) is 20.7. The molecule has 2 aliphatic rings. The average Bonchev–Trinajstić information content (AvgIpc) is 3.14. The lowest BCUT2D eigenvalue weighted by molar-refractivity contribution is -0.116. The number of benzene rings is 3. The lowest BCUT2D eigenvalue weighted by Crippen LogP contribution is -2.20. The molecule has 1 N–H and O–H groups in total. The van der Waals surface area contributed by atoms with Gasteiger partial charge in [-0.15, -0.1) is 0 Å². The first-order chi connectivity index (χ1) is 14.6. The second-order valence-electron chi connectivity index (χ2n) is 8.06. The van der Waals surface area contributed by atoms with Crippen LogP contribution in [0.2, 0.25) is 0 Å². The Kier molecular flexibility index (Phi) is 4.70. The van der Waals surface area contributed by atoms with Crippen molar-refractivity contribution in [1.29, 1.82) is 0 Å². The van der Waals surface area contributed by atoms with E-state index in [0.717, 1.165) is 58.0 Å². The van der Waals surface area contributed by atoms with Crippen LogP contribution in [0.3, 0.4) is 0 Å². The predicted octanol–water partition coefficient (Wildman–Crippen LogP) is 5.84. The van der Waals surface area contributed by atoms with Crippen LogP contribution in [0, 0.1) is 0 Å². The van der Waals surface area contributed by atoms with Crippen LogP contribution in [-0.2, 0) is 17.6 Å². The summed E-state index contributed by atoms with van der Waals surface area (Å²) in [5.74, 6) is 2.41. The molecule has 0 saturated carbocycles. The molecule has 2 heterocycles. The number of ether oxygens (including phenoxy) is 2. The van der Waals surface area contributed by atoms with Gasteiger partial charge in [-0.25, -0.2) is 0 Å². The van der Waals surface area contributed by atoms with Gasteiger partial charge in [0, 0.05) is 29.9 Å². The molecule has 5 rings (SSSR count). The maximum Gasteiger partial charge on any atom is 0.225 e. The molecule has 4 heteroatoms. The Morgan fingerprint density at radius 3 is 2.33 bits per heavy atom. The van der Waals surface area contributed by atoms with Crippen molar-refractivity contribution in [2.24, 2.45) is 0 Å². The summed E-state index contributed by atoms with van der Waals surface area (Å²) in [4.78, 5) is 13.2. The quantitative estimate of drug-likeness (QED) is 0.600. The zero-order valence-electron chi connectivity index (χ0n) is 17.3. The zero-order valence-corrected chi connectivity index (χ0v) is 17.3. The number of para-hydroxylation sites is 2. The second-order valence-corrected chi connectivity index (χ2v) is 8.06. The molecule has 152 valence electrons. The van der Waals surface area contributed by atoms with Gasteiger partial charge in [-0.2, -0.15) is 0 Å². The molecule has 1 unspecified atom stereocenters. The van der Waals surface area contributed by atoms with Gasteiger partial charge in [-0.3, -0.25) is 4.79 Å². The van der Waals surface area contributed by atoms with Crippen molar-refractivity contribution in [1.82, 2.24) is 0 Å². The fraction of sp³-hybridized carbons (Fsp3) is 0.269. The van der Waals surface area contributed by atoms with Crippen LogP contribution in [0.15, 0.2) is 60.7 Å². The first-order valence-corrected chi connectivity index (χ1v) is 10.6. The minimum absolute atomic E-state index is 0.0160. The molecular weight excluding hydrogens is 374 g/mol. The molecule has 0 fully saturated rings. The monoisotopic (exact) mass is 399 g/mol. The van der Waals surface area contributed by atoms with Crippen LogP contribution >= 0.6 is 0 Å². The van der Waals surface area contributed by atoms with E-state index >= 15 is 0 Å². The maximum atomic E-state index is 13.2. The van der Waals surface area contributed by atoms with E-state index in [9.17, 15) is 4.79 Å². The maximum absolute atomic E-state index is 13.2. The fourth-order valence-electron chi connectivity index (χ4n) is 4.55. The topological polar surface area (TPSA) is 47.6 Å². The van der Waals surface area contributed by atoms with Gasteiger partial charge in [0.15, 0.2) is 0 Å². The van der Waals surface area contributed by atoms with Gasteiger partial charge >= 0.3 is 0 Å². The number of rotatable bonds is 4. The molecule has 0 aromatic heterocycles. The van der Waals surface area contributed by atoms with Crippen LogP contribution in [0.1, 0.15) is 48.4 Å². The molecule has 3 aromatic carbocycles. The third kappa shape index (κ3) is 3.22. The Morgan fingerprint density at radius 1 is 1.00 bits per heavy atom. The van der Waals surface area contributed by atoms with Crippen molar-refractivity contribution >= 4 is 11.6 Å². The normalized spacial score (nSPS) is 16.7. The standard InChI is InChI=1S/C26H25NO3/c1-3-17-12-13-18-14-16(2)29-26(18)25(17)27-24(28)15-21-19-8-4-6-10-22(19)30-23-11-7-5-9-20(21)23/h4-13,16,21H,3,14-15H2,1-2H3,(H,27,28). The van der Waals surface area contributed by atoms with Gasteiger partial charge in [0.1, 0.15) is 23.4 Å². The van der Waals surface area contributed by atoms with Gasteiger partial charge in [-0.05, 0) is 36.6 Å². The fourth-order valence-corrected chi connectivity index (χ4v) is 4.55. The number of nitrogens with one attached hydrogen (secondary N) is 1. The molecule has 0 radical (unpaired) electrons. The Bertz CT molecular complexity index is 1080. The summed E-state index contributed by atoms with van der Waals surface area (Å²) in [6, 6.07) is 20.2. The Hall–Kier alpha value is -3.27. The highest BCUT2D eigenvalue weighted by atomic mass is 16.5. The molecule has 1 amide bonds. The molecule has 3 aromatic rings. The van der Waals surface area contributed by atoms with E-state index < -0.39 is 0 Å². The molecule has 0 spiro atoms. The van der Waals surface area contributed by atoms with Crippen molar-refractivity contribution in [3.8, 4) is 17.2 Å². The van der Waals surface area contributed by atoms with Crippen LogP contribution in [0.25, 0.3) is 0 Å². The lowest BCUT2D eigenvalue weighted by Gasteiger charge is -2.28. The van der Waals surface area contributed by atoms with Crippen molar-refractivity contribution < 1.29 is 14.3 Å². The first kappa shape index (κ1) is 18.7. The molecule has 4 nitrogen and oxygen atoms in total. The molecule has 2 aliphatic heterocycles. The van der Waals surface area contributed by atoms with E-state index in [1.807, 2.05) is 48.5 Å². The van der Waals surface area contributed by atoms with Crippen LogP contribution < -0.4 is 14.8 Å². The number of carbonyl (C=O) groups excluding carboxylic acids is 1. The van der Waals surface area contributed by atoms with Gasteiger partial charge in [-0.1, -0.05) is 55.5 Å². The molecule has 0 bridgehead atoms. The highest BCUT2D eigenvalue weighted by Gasteiger charge is 2.30. The van der Waals surface area contributed by atoms with E-state index in [0.29, 0.717) is 6.42 Å². The molecule has 0 saturated heterocycles. The number of anilines is 1. The van der Waals surface area contributed by atoms with E-state index in [1.165, 1.54) is 0 Å². The van der Waals surface area contributed by atoms with E-state index in [2.05, 4.69) is 31.3 Å². The van der Waals surface area contributed by atoms with Crippen LogP contribution in [-0.4, -0.2) is 12.0 Å². The molecular formula is C26H25NO3. The van der Waals surface area contributed by atoms with E-state index in [1.54, 1.807) is 0 Å². The smallest absolute Gasteiger partial charge is 0.225 e. The molecule has 0 aliphatic carbocycles. The Balaban J connectivity index is 1.46. The summed E-state index contributed by atoms with van der Waals surface area (Å²) >= 11 is 0. The number of aryl methyl sites for hydroxylation is 1. The average molecular weight is 399 g/mol. The predicted molar refractivity (Wildman–Crippen MR) is 118 cm³/mol. The summed E-state index contributed by atoms with van der Waals surface area (Å²) in [6.07, 6.45) is 2.20. The Morgan fingerprint density at radius 2 is 1.67 bits per heavy atom. The van der Waals surface area contributed by atoms with Gasteiger partial charge in [0.2, 0.25) is 5.91 Å². The highest BCUT2D eigenvalue weighted by molar-refractivity contribution is 5.94. The number of carbonyl (C=O) groups is 1. The number of hydrogen-bond donors (Lipinski definition) is 1. The summed E-state index contributed by atoms with van der Waals surface area (Å²) < 4.78 is 12.1. The van der Waals surface area contributed by atoms with E-state index in [-0.39, 0.29) is 17.9 Å².